The van der Waals surface area contributed by atoms with Crippen molar-refractivity contribution in [3.63, 3.8) is 0 Å². The molecule has 0 unspecified atom stereocenters. The molecule has 0 N–H and O–H groups in total. The predicted octanol–water partition coefficient (Wildman–Crippen LogP) is 1.39. The van der Waals surface area contributed by atoms with Crippen molar-refractivity contribution in [1.29, 1.82) is 0 Å². The molecule has 0 saturated heterocycles. The van der Waals surface area contributed by atoms with Gasteiger partial charge >= 0.3 is 55.3 Å². The molecule has 0 fully saturated rings. The zero-order valence-electron chi connectivity index (χ0n) is 3.55. The van der Waals surface area contributed by atoms with E-state index in [0.717, 1.165) is 3.26 Å². The Morgan fingerprint density at radius 2 is 1.83 bits per heavy atom. The van der Waals surface area contributed by atoms with Crippen molar-refractivity contribution in [3.8, 4) is 0 Å². The molecule has 1 rings (SSSR count). The van der Waals surface area contributed by atoms with Crippen molar-refractivity contribution in [2.75, 3.05) is 0 Å². The standard InChI is InChI=1S/C3H3S2.Li/c1-2-5-3-4-1;/h1-3H;. The van der Waals surface area contributed by atoms with Gasteiger partial charge in [0, 0.05) is 0 Å². The molecule has 0 amide bonds. The Morgan fingerprint density at radius 3 is 2.00 bits per heavy atom. The molecule has 1 aliphatic rings. The summed E-state index contributed by atoms with van der Waals surface area (Å²) in [6.07, 6.45) is 0. The van der Waals surface area contributed by atoms with Gasteiger partial charge in [0.1, 0.15) is 0 Å². The van der Waals surface area contributed by atoms with Crippen LogP contribution in [0, 0.1) is 0 Å². The summed E-state index contributed by atoms with van der Waals surface area (Å²) in [7, 11) is 0. The quantitative estimate of drug-likeness (QED) is 0.432. The molecule has 0 radical (unpaired) electrons. The Labute approximate surface area is 55.3 Å². The van der Waals surface area contributed by atoms with Crippen LogP contribution in [0.3, 0.4) is 0 Å². The van der Waals surface area contributed by atoms with E-state index in [4.69, 9.17) is 0 Å². The van der Waals surface area contributed by atoms with Gasteiger partial charge in [-0.25, -0.2) is 0 Å². The fourth-order valence-electron chi connectivity index (χ4n) is 0.318. The Kier molecular flexibility index (Phi) is 2.05. The first-order valence-electron chi connectivity index (χ1n) is 1.85. The van der Waals surface area contributed by atoms with Gasteiger partial charge in [0.05, 0.1) is 0 Å². The monoisotopic (exact) mass is 110 g/mol. The van der Waals surface area contributed by atoms with E-state index < -0.39 is 0 Å². The molecule has 0 aromatic heterocycles. The number of rotatable bonds is 0. The summed E-state index contributed by atoms with van der Waals surface area (Å²) in [5, 5.41) is 4.27. The van der Waals surface area contributed by atoms with Crippen LogP contribution in [-0.4, -0.2) is 21.0 Å². The Bertz CT molecular complexity index is 63.2. The van der Waals surface area contributed by atoms with Gasteiger partial charge in [-0.05, 0) is 0 Å². The summed E-state index contributed by atoms with van der Waals surface area (Å²) in [6, 6.07) is 0. The number of hydrogen-bond acceptors (Lipinski definition) is 2. The average molecular weight is 110 g/mol. The molecule has 0 aromatic carbocycles. The molecule has 0 aliphatic carbocycles. The van der Waals surface area contributed by atoms with Crippen molar-refractivity contribution >= 4 is 41.2 Å². The zero-order chi connectivity index (χ0) is 4.41. The molecule has 0 spiro atoms. The van der Waals surface area contributed by atoms with Gasteiger partial charge < -0.3 is 0 Å². The second-order valence-electron chi connectivity index (χ2n) is 1.11. The van der Waals surface area contributed by atoms with Gasteiger partial charge in [-0.3, -0.25) is 0 Å². The molecule has 0 bridgehead atoms. The van der Waals surface area contributed by atoms with E-state index in [1.165, 1.54) is 0 Å². The van der Waals surface area contributed by atoms with Crippen molar-refractivity contribution in [2.45, 2.75) is 3.26 Å². The first-order chi connectivity index (χ1) is 2.89. The van der Waals surface area contributed by atoms with Gasteiger partial charge in [0.25, 0.3) is 0 Å². The van der Waals surface area contributed by atoms with Crippen LogP contribution in [0.25, 0.3) is 0 Å². The van der Waals surface area contributed by atoms with Gasteiger partial charge in [-0.15, -0.1) is 0 Å². The Hall–Kier alpha value is 1.04. The van der Waals surface area contributed by atoms with E-state index in [9.17, 15) is 0 Å². The van der Waals surface area contributed by atoms with Crippen molar-refractivity contribution in [3.05, 3.63) is 10.8 Å². The van der Waals surface area contributed by atoms with Crippen LogP contribution in [0.5, 0.6) is 0 Å². The van der Waals surface area contributed by atoms with Crippen molar-refractivity contribution in [2.24, 2.45) is 0 Å². The third-order valence-corrected chi connectivity index (χ3v) is 2.79. The molecular weight excluding hydrogens is 107 g/mol. The summed E-state index contributed by atoms with van der Waals surface area (Å²) in [5.74, 6) is 0. The van der Waals surface area contributed by atoms with Gasteiger partial charge in [-0.2, -0.15) is 0 Å². The molecule has 0 nitrogen and oxygen atoms in total. The Balaban J connectivity index is 2.32. The first-order valence-corrected chi connectivity index (χ1v) is 3.74. The van der Waals surface area contributed by atoms with E-state index in [-0.39, 0.29) is 0 Å². The van der Waals surface area contributed by atoms with Crippen LogP contribution < -0.4 is 0 Å². The van der Waals surface area contributed by atoms with Crippen LogP contribution in [0.15, 0.2) is 10.8 Å². The van der Waals surface area contributed by atoms with Gasteiger partial charge in [-0.1, -0.05) is 0 Å². The van der Waals surface area contributed by atoms with Crippen molar-refractivity contribution in [1.82, 2.24) is 0 Å². The van der Waals surface area contributed by atoms with E-state index in [1.54, 1.807) is 0 Å². The van der Waals surface area contributed by atoms with E-state index >= 15 is 0 Å². The zero-order valence-corrected chi connectivity index (χ0v) is 5.18. The normalized spacial score (nSPS) is 23.0. The summed E-state index contributed by atoms with van der Waals surface area (Å²) >= 11 is 5.96. The predicted molar refractivity (Wildman–Crippen MR) is 33.9 cm³/mol. The average Bonchev–Trinajstić information content (AvgIpc) is 1.86. The minimum atomic E-state index is 0.769. The second-order valence-corrected chi connectivity index (χ2v) is 3.91. The third-order valence-electron chi connectivity index (χ3n) is 0.596. The van der Waals surface area contributed by atoms with Crippen LogP contribution in [0.2, 0.25) is 0 Å². The minimum absolute atomic E-state index is 0.769. The van der Waals surface area contributed by atoms with Crippen LogP contribution in [0.1, 0.15) is 0 Å². The third kappa shape index (κ3) is 1.27. The summed E-state index contributed by atoms with van der Waals surface area (Å²) in [5.41, 5.74) is 0. The molecule has 28 valence electrons. The molecule has 0 atom stereocenters. The fourth-order valence-corrected chi connectivity index (χ4v) is 1.91. The molecule has 0 saturated carbocycles. The van der Waals surface area contributed by atoms with Crippen molar-refractivity contribution < 1.29 is 0 Å². The fraction of sp³-hybridized carbons (Fsp3) is 0.333. The molecular formula is C3H3LiS2. The topological polar surface area (TPSA) is 0 Å². The van der Waals surface area contributed by atoms with Crippen LogP contribution in [0.4, 0.5) is 0 Å². The van der Waals surface area contributed by atoms with Crippen LogP contribution in [-0.2, 0) is 0 Å². The SMILES string of the molecule is [Li][CH]1SC=CS1. The molecule has 1 aliphatic heterocycles. The molecule has 1 heterocycles. The van der Waals surface area contributed by atoms with E-state index in [2.05, 4.69) is 28.5 Å². The van der Waals surface area contributed by atoms with E-state index in [0.29, 0.717) is 0 Å². The molecule has 6 heavy (non-hydrogen) atoms. The first kappa shape index (κ1) is 5.18. The van der Waals surface area contributed by atoms with E-state index in [1.807, 2.05) is 23.5 Å². The Morgan fingerprint density at radius 1 is 1.33 bits per heavy atom. The summed E-state index contributed by atoms with van der Waals surface area (Å²) in [6.45, 7) is 0. The van der Waals surface area contributed by atoms with Gasteiger partial charge in [0.15, 0.2) is 0 Å². The number of thioether (sulfide) groups is 2. The maximum atomic E-state index is 2.20. The number of hydrogen-bond donors (Lipinski definition) is 0. The summed E-state index contributed by atoms with van der Waals surface area (Å²) < 4.78 is 0.769. The van der Waals surface area contributed by atoms with Gasteiger partial charge in [0.2, 0.25) is 0 Å². The molecule has 3 heteroatoms. The second kappa shape index (κ2) is 2.37. The molecule has 0 aromatic rings. The summed E-state index contributed by atoms with van der Waals surface area (Å²) in [4.78, 5) is 0. The van der Waals surface area contributed by atoms with Crippen LogP contribution >= 0.6 is 23.5 Å². The maximum absolute atomic E-state index is 2.20.